The predicted octanol–water partition coefficient (Wildman–Crippen LogP) is 2.56. The number of methoxy groups -OCH3 is 1. The van der Waals surface area contributed by atoms with Crippen molar-refractivity contribution in [1.82, 2.24) is 24.1 Å². The van der Waals surface area contributed by atoms with Gasteiger partial charge in [0.1, 0.15) is 11.4 Å². The minimum atomic E-state index is 0.0479. The summed E-state index contributed by atoms with van der Waals surface area (Å²) < 4.78 is 9.06. The van der Waals surface area contributed by atoms with Crippen LogP contribution in [0.3, 0.4) is 0 Å². The molecule has 2 aromatic heterocycles. The molecule has 0 aliphatic carbocycles. The maximum atomic E-state index is 13.6. The number of hydrogen-bond donors (Lipinski definition) is 0. The lowest BCUT2D eigenvalue weighted by Gasteiger charge is -2.45. The van der Waals surface area contributed by atoms with Crippen LogP contribution in [0.2, 0.25) is 0 Å². The third-order valence-corrected chi connectivity index (χ3v) is 6.52. The molecule has 2 fully saturated rings. The van der Waals surface area contributed by atoms with E-state index in [0.29, 0.717) is 30.7 Å². The predicted molar refractivity (Wildman–Crippen MR) is 112 cm³/mol. The van der Waals surface area contributed by atoms with Crippen LogP contribution in [0.1, 0.15) is 42.5 Å². The molecule has 0 radical (unpaired) electrons. The molecule has 2 aliphatic heterocycles. The van der Waals surface area contributed by atoms with E-state index in [1.165, 1.54) is 45.2 Å². The molecule has 2 atom stereocenters. The number of ether oxygens (including phenoxy) is 1. The Bertz CT molecular complexity index is 798. The van der Waals surface area contributed by atoms with E-state index in [4.69, 9.17) is 4.74 Å². The number of fused-ring (bicyclic) bond motifs is 1. The van der Waals surface area contributed by atoms with Crippen molar-refractivity contribution in [2.45, 2.75) is 38.1 Å². The second kappa shape index (κ2) is 9.13. The van der Waals surface area contributed by atoms with Crippen molar-refractivity contribution in [3.8, 4) is 5.82 Å². The van der Waals surface area contributed by atoms with Crippen molar-refractivity contribution in [3.05, 3.63) is 36.3 Å². The van der Waals surface area contributed by atoms with Gasteiger partial charge in [0.25, 0.3) is 5.91 Å². The van der Waals surface area contributed by atoms with Gasteiger partial charge in [0.2, 0.25) is 0 Å². The van der Waals surface area contributed by atoms with Gasteiger partial charge < -0.3 is 19.1 Å². The molecule has 2 aromatic rings. The molecule has 29 heavy (non-hydrogen) atoms. The summed E-state index contributed by atoms with van der Waals surface area (Å²) in [5, 5.41) is 4.38. The summed E-state index contributed by atoms with van der Waals surface area (Å²) in [7, 11) is 3.58. The van der Waals surface area contributed by atoms with Gasteiger partial charge in [0, 0.05) is 45.7 Å². The van der Waals surface area contributed by atoms with E-state index < -0.39 is 0 Å². The fourth-order valence-electron chi connectivity index (χ4n) is 5.08. The molecule has 0 saturated carbocycles. The second-order valence-electron chi connectivity index (χ2n) is 8.34. The maximum absolute atomic E-state index is 13.6. The van der Waals surface area contributed by atoms with Gasteiger partial charge in [-0.15, -0.1) is 0 Å². The molecule has 0 unspecified atom stereocenters. The quantitative estimate of drug-likeness (QED) is 0.718. The van der Waals surface area contributed by atoms with Gasteiger partial charge in [-0.05, 0) is 56.8 Å². The fourth-order valence-corrected chi connectivity index (χ4v) is 5.08. The molecule has 0 spiro atoms. The maximum Gasteiger partial charge on any atom is 0.259 e. The first kappa shape index (κ1) is 20.2. The van der Waals surface area contributed by atoms with E-state index in [1.54, 1.807) is 18.0 Å². The minimum absolute atomic E-state index is 0.0479. The lowest BCUT2D eigenvalue weighted by molar-refractivity contribution is 0.0315. The SMILES string of the molecule is COCCN(C[C@@H]1CCCN2CCCC[C@@H]12)C(=O)c1cnn(C)c1-n1cccc1. The number of aryl methyl sites for hydroxylation is 1. The summed E-state index contributed by atoms with van der Waals surface area (Å²) in [5.74, 6) is 1.40. The average molecular weight is 400 g/mol. The first-order chi connectivity index (χ1) is 14.2. The molecular formula is C22H33N5O2. The van der Waals surface area contributed by atoms with Crippen molar-refractivity contribution < 1.29 is 9.53 Å². The summed E-state index contributed by atoms with van der Waals surface area (Å²) in [6.07, 6.45) is 11.9. The Kier molecular flexibility index (Phi) is 6.35. The molecule has 7 nitrogen and oxygen atoms in total. The Balaban J connectivity index is 1.56. The molecule has 4 heterocycles. The Morgan fingerprint density at radius 3 is 2.79 bits per heavy atom. The Morgan fingerprint density at radius 1 is 1.21 bits per heavy atom. The molecule has 2 saturated heterocycles. The second-order valence-corrected chi connectivity index (χ2v) is 8.34. The number of carbonyl (C=O) groups excluding carboxylic acids is 1. The van der Waals surface area contributed by atoms with Gasteiger partial charge in [-0.3, -0.25) is 9.48 Å². The van der Waals surface area contributed by atoms with Gasteiger partial charge in [0.15, 0.2) is 0 Å². The summed E-state index contributed by atoms with van der Waals surface area (Å²) in [5.41, 5.74) is 0.649. The number of amides is 1. The number of aromatic nitrogens is 3. The zero-order chi connectivity index (χ0) is 20.2. The van der Waals surface area contributed by atoms with Gasteiger partial charge in [0.05, 0.1) is 12.8 Å². The van der Waals surface area contributed by atoms with Crippen molar-refractivity contribution in [1.29, 1.82) is 0 Å². The molecule has 4 rings (SSSR count). The zero-order valence-corrected chi connectivity index (χ0v) is 17.7. The van der Waals surface area contributed by atoms with Crippen LogP contribution in [-0.4, -0.2) is 76.0 Å². The smallest absolute Gasteiger partial charge is 0.259 e. The number of carbonyl (C=O) groups is 1. The topological polar surface area (TPSA) is 55.5 Å². The van der Waals surface area contributed by atoms with Gasteiger partial charge in [-0.1, -0.05) is 6.42 Å². The highest BCUT2D eigenvalue weighted by Gasteiger charge is 2.35. The fraction of sp³-hybridized carbons (Fsp3) is 0.636. The van der Waals surface area contributed by atoms with Crippen LogP contribution in [0.15, 0.2) is 30.7 Å². The van der Waals surface area contributed by atoms with Crippen molar-refractivity contribution >= 4 is 5.91 Å². The van der Waals surface area contributed by atoms with Gasteiger partial charge in [-0.25, -0.2) is 0 Å². The van der Waals surface area contributed by atoms with E-state index in [-0.39, 0.29) is 5.91 Å². The number of piperidine rings is 2. The number of hydrogen-bond acceptors (Lipinski definition) is 4. The van der Waals surface area contributed by atoms with Crippen LogP contribution in [0.4, 0.5) is 0 Å². The lowest BCUT2D eigenvalue weighted by Crippen LogP contribution is -2.52. The lowest BCUT2D eigenvalue weighted by atomic mass is 9.83. The molecule has 0 bridgehead atoms. The van der Waals surface area contributed by atoms with Crippen LogP contribution >= 0.6 is 0 Å². The first-order valence-electron chi connectivity index (χ1n) is 10.9. The Morgan fingerprint density at radius 2 is 2.00 bits per heavy atom. The zero-order valence-electron chi connectivity index (χ0n) is 17.7. The Labute approximate surface area is 173 Å². The van der Waals surface area contributed by atoms with E-state index in [2.05, 4.69) is 10.00 Å². The highest BCUT2D eigenvalue weighted by Crippen LogP contribution is 2.32. The molecule has 7 heteroatoms. The third-order valence-electron chi connectivity index (χ3n) is 6.52. The molecule has 0 aromatic carbocycles. The van der Waals surface area contributed by atoms with Crippen LogP contribution in [0, 0.1) is 5.92 Å². The van der Waals surface area contributed by atoms with Crippen LogP contribution in [-0.2, 0) is 11.8 Å². The largest absolute Gasteiger partial charge is 0.383 e. The minimum Gasteiger partial charge on any atom is -0.383 e. The summed E-state index contributed by atoms with van der Waals surface area (Å²) in [4.78, 5) is 18.3. The third kappa shape index (κ3) is 4.26. The summed E-state index contributed by atoms with van der Waals surface area (Å²) in [6, 6.07) is 4.54. The van der Waals surface area contributed by atoms with Crippen LogP contribution < -0.4 is 0 Å². The molecule has 2 aliphatic rings. The van der Waals surface area contributed by atoms with Crippen LogP contribution in [0.25, 0.3) is 5.82 Å². The van der Waals surface area contributed by atoms with Crippen molar-refractivity contribution in [3.63, 3.8) is 0 Å². The summed E-state index contributed by atoms with van der Waals surface area (Å²) in [6.45, 7) is 4.38. The molecule has 158 valence electrons. The van der Waals surface area contributed by atoms with Gasteiger partial charge in [-0.2, -0.15) is 5.10 Å². The normalized spacial score (nSPS) is 22.4. The number of nitrogens with zero attached hydrogens (tertiary/aromatic N) is 5. The van der Waals surface area contributed by atoms with Crippen LogP contribution in [0.5, 0.6) is 0 Å². The summed E-state index contributed by atoms with van der Waals surface area (Å²) >= 11 is 0. The van der Waals surface area contributed by atoms with Crippen molar-refractivity contribution in [2.24, 2.45) is 13.0 Å². The first-order valence-corrected chi connectivity index (χ1v) is 10.9. The molecular weight excluding hydrogens is 366 g/mol. The van der Waals surface area contributed by atoms with E-state index in [0.717, 1.165) is 12.4 Å². The highest BCUT2D eigenvalue weighted by atomic mass is 16.5. The molecule has 0 N–H and O–H groups in total. The number of rotatable bonds is 7. The van der Waals surface area contributed by atoms with Crippen molar-refractivity contribution in [2.75, 3.05) is 39.9 Å². The van der Waals surface area contributed by atoms with E-state index in [1.807, 2.05) is 41.0 Å². The monoisotopic (exact) mass is 399 g/mol. The average Bonchev–Trinajstić information content (AvgIpc) is 3.40. The van der Waals surface area contributed by atoms with E-state index >= 15 is 0 Å². The Hall–Kier alpha value is -2.12. The van der Waals surface area contributed by atoms with Gasteiger partial charge >= 0.3 is 0 Å². The highest BCUT2D eigenvalue weighted by molar-refractivity contribution is 5.97. The molecule has 1 amide bonds. The standard InChI is InChI=1S/C22H33N5O2/c1-24-21(26-11-5-6-12-26)19(16-23-24)22(28)27(14-15-29-2)17-18-8-7-13-25-10-4-3-9-20(18)25/h5-6,11-12,16,18,20H,3-4,7-10,13-15,17H2,1-2H3/t18-,20-/m0/s1. The van der Waals surface area contributed by atoms with E-state index in [9.17, 15) is 4.79 Å².